The summed E-state index contributed by atoms with van der Waals surface area (Å²) in [5, 5.41) is 10.8. The van der Waals surface area contributed by atoms with Gasteiger partial charge in [0.05, 0.1) is 5.41 Å². The van der Waals surface area contributed by atoms with E-state index in [2.05, 4.69) is 13.8 Å². The second kappa shape index (κ2) is 16.7. The third-order valence-corrected chi connectivity index (χ3v) is 12.1. The van der Waals surface area contributed by atoms with Crippen LogP contribution in [0.25, 0.3) is 0 Å². The van der Waals surface area contributed by atoms with E-state index in [-0.39, 0.29) is 5.41 Å². The molecule has 0 bridgehead atoms. The second-order valence-corrected chi connectivity index (χ2v) is 14.3. The summed E-state index contributed by atoms with van der Waals surface area (Å²) >= 11 is 0. The van der Waals surface area contributed by atoms with Gasteiger partial charge < -0.3 is 5.11 Å². The maximum atomic E-state index is 13.1. The van der Waals surface area contributed by atoms with Crippen molar-refractivity contribution in [2.75, 3.05) is 0 Å². The minimum absolute atomic E-state index is 0.0584. The molecule has 3 aliphatic carbocycles. The zero-order chi connectivity index (χ0) is 27.2. The van der Waals surface area contributed by atoms with Crippen LogP contribution in [-0.4, -0.2) is 11.1 Å². The molecule has 0 aromatic rings. The molecule has 1 N–H and O–H groups in total. The summed E-state index contributed by atoms with van der Waals surface area (Å²) in [6.45, 7) is 4.60. The van der Waals surface area contributed by atoms with Crippen molar-refractivity contribution in [3.05, 3.63) is 0 Å². The molecule has 0 aromatic heterocycles. The number of rotatable bonds is 18. The van der Waals surface area contributed by atoms with E-state index in [0.717, 1.165) is 31.6 Å². The van der Waals surface area contributed by atoms with Crippen molar-refractivity contribution >= 4 is 5.97 Å². The summed E-state index contributed by atoms with van der Waals surface area (Å²) in [6, 6.07) is 0. The van der Waals surface area contributed by atoms with Crippen molar-refractivity contribution in [1.29, 1.82) is 0 Å². The molecule has 38 heavy (non-hydrogen) atoms. The molecular formula is C36H66O2. The molecule has 0 aromatic carbocycles. The third kappa shape index (κ3) is 8.25. The molecule has 0 spiro atoms. The van der Waals surface area contributed by atoms with Gasteiger partial charge in [0.2, 0.25) is 0 Å². The van der Waals surface area contributed by atoms with Crippen LogP contribution in [0.15, 0.2) is 0 Å². The maximum Gasteiger partial charge on any atom is 0.310 e. The van der Waals surface area contributed by atoms with Crippen LogP contribution >= 0.6 is 0 Å². The van der Waals surface area contributed by atoms with E-state index in [1.165, 1.54) is 161 Å². The SMILES string of the molecule is CCCCCCCCCCC1(C2CCCCC2)CCC(CCCCCCC)(C2(C(=O)O)CCCCC2)CC1. The summed E-state index contributed by atoms with van der Waals surface area (Å²) < 4.78 is 0. The van der Waals surface area contributed by atoms with Crippen molar-refractivity contribution in [2.24, 2.45) is 22.2 Å². The van der Waals surface area contributed by atoms with Gasteiger partial charge in [-0.2, -0.15) is 0 Å². The predicted octanol–water partition coefficient (Wildman–Crippen LogP) is 12.0. The van der Waals surface area contributed by atoms with Crippen LogP contribution in [-0.2, 0) is 4.79 Å². The van der Waals surface area contributed by atoms with Crippen molar-refractivity contribution in [3.63, 3.8) is 0 Å². The average molecular weight is 531 g/mol. The summed E-state index contributed by atoms with van der Waals surface area (Å²) in [4.78, 5) is 13.1. The van der Waals surface area contributed by atoms with E-state index < -0.39 is 11.4 Å². The zero-order valence-electron chi connectivity index (χ0n) is 25.9. The molecule has 2 nitrogen and oxygen atoms in total. The normalized spacial score (nSPS) is 28.4. The third-order valence-electron chi connectivity index (χ3n) is 12.1. The highest BCUT2D eigenvalue weighted by atomic mass is 16.4. The lowest BCUT2D eigenvalue weighted by molar-refractivity contribution is -0.171. The fourth-order valence-corrected chi connectivity index (χ4v) is 9.58. The lowest BCUT2D eigenvalue weighted by Gasteiger charge is -2.58. The number of carboxylic acid groups (broad SMARTS) is 1. The van der Waals surface area contributed by atoms with E-state index in [4.69, 9.17) is 0 Å². The van der Waals surface area contributed by atoms with Crippen LogP contribution in [0.4, 0.5) is 0 Å². The molecule has 3 fully saturated rings. The van der Waals surface area contributed by atoms with E-state index in [1.807, 2.05) is 0 Å². The van der Waals surface area contributed by atoms with Crippen LogP contribution in [0.1, 0.15) is 200 Å². The number of hydrogen-bond donors (Lipinski definition) is 1. The molecule has 222 valence electrons. The average Bonchev–Trinajstić information content (AvgIpc) is 2.96. The molecule has 0 saturated heterocycles. The fraction of sp³-hybridized carbons (Fsp3) is 0.972. The quantitative estimate of drug-likeness (QED) is 0.179. The first kappa shape index (κ1) is 32.0. The van der Waals surface area contributed by atoms with Gasteiger partial charge in [-0.1, -0.05) is 136 Å². The largest absolute Gasteiger partial charge is 0.481 e. The number of hydrogen-bond acceptors (Lipinski definition) is 1. The van der Waals surface area contributed by atoms with Crippen LogP contribution in [0, 0.1) is 22.2 Å². The zero-order valence-corrected chi connectivity index (χ0v) is 25.9. The molecule has 3 rings (SSSR count). The van der Waals surface area contributed by atoms with E-state index in [1.54, 1.807) is 0 Å². The monoisotopic (exact) mass is 531 g/mol. The van der Waals surface area contributed by atoms with E-state index in [0.29, 0.717) is 5.41 Å². The van der Waals surface area contributed by atoms with Gasteiger partial charge in [0.25, 0.3) is 0 Å². The summed E-state index contributed by atoms with van der Waals surface area (Å²) in [5.74, 6) is 0.481. The van der Waals surface area contributed by atoms with Gasteiger partial charge in [-0.3, -0.25) is 4.79 Å². The molecule has 0 aliphatic heterocycles. The van der Waals surface area contributed by atoms with E-state index >= 15 is 0 Å². The smallest absolute Gasteiger partial charge is 0.310 e. The number of carbonyl (C=O) groups is 1. The maximum absolute atomic E-state index is 13.1. The summed E-state index contributed by atoms with van der Waals surface area (Å²) in [6.07, 6.45) is 38.1. The highest BCUT2D eigenvalue weighted by Crippen LogP contribution is 2.64. The van der Waals surface area contributed by atoms with Crippen molar-refractivity contribution in [2.45, 2.75) is 200 Å². The fourth-order valence-electron chi connectivity index (χ4n) is 9.58. The first-order valence-electron chi connectivity index (χ1n) is 17.8. The topological polar surface area (TPSA) is 37.3 Å². The molecule has 0 atom stereocenters. The molecule has 3 aliphatic rings. The number of unbranched alkanes of at least 4 members (excludes halogenated alkanes) is 11. The lowest BCUT2D eigenvalue weighted by atomic mass is 9.46. The minimum Gasteiger partial charge on any atom is -0.481 e. The highest BCUT2D eigenvalue weighted by Gasteiger charge is 2.59. The summed E-state index contributed by atoms with van der Waals surface area (Å²) in [5.41, 5.74) is 0.138. The Kier molecular flexibility index (Phi) is 14.0. The molecular weight excluding hydrogens is 464 g/mol. The Morgan fingerprint density at radius 2 is 1.05 bits per heavy atom. The van der Waals surface area contributed by atoms with Gasteiger partial charge in [-0.15, -0.1) is 0 Å². The Morgan fingerprint density at radius 1 is 0.579 bits per heavy atom. The first-order chi connectivity index (χ1) is 18.5. The molecule has 2 heteroatoms. The van der Waals surface area contributed by atoms with Crippen molar-refractivity contribution in [3.8, 4) is 0 Å². The number of aliphatic carboxylic acids is 1. The molecule has 0 amide bonds. The van der Waals surface area contributed by atoms with Gasteiger partial charge in [0.15, 0.2) is 0 Å². The Bertz CT molecular complexity index is 632. The van der Waals surface area contributed by atoms with Gasteiger partial charge in [0, 0.05) is 0 Å². The second-order valence-electron chi connectivity index (χ2n) is 14.3. The Labute approximate surface area is 237 Å². The molecule has 0 unspecified atom stereocenters. The van der Waals surface area contributed by atoms with Crippen molar-refractivity contribution < 1.29 is 9.90 Å². The highest BCUT2D eigenvalue weighted by molar-refractivity contribution is 5.76. The Hall–Kier alpha value is -0.530. The molecule has 0 radical (unpaired) electrons. The predicted molar refractivity (Wildman–Crippen MR) is 164 cm³/mol. The molecule has 3 saturated carbocycles. The Balaban J connectivity index is 1.69. The van der Waals surface area contributed by atoms with Crippen molar-refractivity contribution in [1.82, 2.24) is 0 Å². The van der Waals surface area contributed by atoms with Gasteiger partial charge >= 0.3 is 5.97 Å². The first-order valence-corrected chi connectivity index (χ1v) is 17.8. The number of carboxylic acids is 1. The van der Waals surface area contributed by atoms with Crippen LogP contribution in [0.2, 0.25) is 0 Å². The standard InChI is InChI=1S/C36H66O2/c1-3-5-7-9-10-11-13-18-24-34(32-22-16-14-17-23-32)28-30-35(31-29-34,25-19-12-8-6-4-2)36(33(37)38)26-20-15-21-27-36/h32H,3-31H2,1-2H3,(H,37,38). The minimum atomic E-state index is -0.437. The van der Waals surface area contributed by atoms with E-state index in [9.17, 15) is 9.90 Å². The van der Waals surface area contributed by atoms with Crippen LogP contribution in [0.5, 0.6) is 0 Å². The van der Waals surface area contributed by atoms with Crippen LogP contribution < -0.4 is 0 Å². The van der Waals surface area contributed by atoms with Gasteiger partial charge in [-0.25, -0.2) is 0 Å². The van der Waals surface area contributed by atoms with Crippen LogP contribution in [0.3, 0.4) is 0 Å². The van der Waals surface area contributed by atoms with Gasteiger partial charge in [0.1, 0.15) is 0 Å². The summed E-state index contributed by atoms with van der Waals surface area (Å²) in [7, 11) is 0. The molecule has 0 heterocycles. The van der Waals surface area contributed by atoms with Gasteiger partial charge in [-0.05, 0) is 81.0 Å². The Morgan fingerprint density at radius 3 is 1.58 bits per heavy atom. The lowest BCUT2D eigenvalue weighted by Crippen LogP contribution is -2.53.